The van der Waals surface area contributed by atoms with E-state index >= 15 is 0 Å². The molecule has 7 nitrogen and oxygen atoms in total. The van der Waals surface area contributed by atoms with Crippen molar-refractivity contribution in [3.05, 3.63) is 11.9 Å². The summed E-state index contributed by atoms with van der Waals surface area (Å²) in [6.45, 7) is 10.0. The number of primary amides is 1. The molecule has 5 N–H and O–H groups in total. The molecule has 0 aliphatic rings. The molecule has 20 heavy (non-hydrogen) atoms. The highest BCUT2D eigenvalue weighted by molar-refractivity contribution is 5.71. The minimum absolute atomic E-state index is 0.132. The molecule has 0 saturated carbocycles. The number of hydrogen-bond acceptors (Lipinski definition) is 5. The molecule has 0 spiro atoms. The molecule has 1 heterocycles. The number of anilines is 2. The zero-order valence-electron chi connectivity index (χ0n) is 12.6. The molecule has 112 valence electrons. The minimum atomic E-state index is -0.529. The van der Waals surface area contributed by atoms with Crippen LogP contribution in [0.2, 0.25) is 0 Å². The van der Waals surface area contributed by atoms with Gasteiger partial charge in [0.15, 0.2) is 0 Å². The molecule has 0 aromatic carbocycles. The van der Waals surface area contributed by atoms with E-state index in [1.807, 2.05) is 13.0 Å². The summed E-state index contributed by atoms with van der Waals surface area (Å²) in [5, 5.41) is 8.86. The highest BCUT2D eigenvalue weighted by atomic mass is 16.2. The molecule has 0 aliphatic heterocycles. The summed E-state index contributed by atoms with van der Waals surface area (Å²) in [4.78, 5) is 19.6. The van der Waals surface area contributed by atoms with Crippen LogP contribution < -0.4 is 21.7 Å². The Morgan fingerprint density at radius 1 is 1.20 bits per heavy atom. The first-order chi connectivity index (χ1) is 9.32. The second kappa shape index (κ2) is 6.93. The number of amides is 2. The number of carbonyl (C=O) groups is 1. The van der Waals surface area contributed by atoms with Gasteiger partial charge in [0.2, 0.25) is 0 Å². The molecule has 1 aromatic heterocycles. The maximum Gasteiger partial charge on any atom is 0.312 e. The van der Waals surface area contributed by atoms with Crippen LogP contribution in [0.3, 0.4) is 0 Å². The van der Waals surface area contributed by atoms with Crippen molar-refractivity contribution in [3.63, 3.8) is 0 Å². The van der Waals surface area contributed by atoms with E-state index in [-0.39, 0.29) is 5.41 Å². The molecule has 1 rings (SSSR count). The van der Waals surface area contributed by atoms with Crippen LogP contribution in [0.5, 0.6) is 0 Å². The lowest BCUT2D eigenvalue weighted by Gasteiger charge is -2.19. The standard InChI is InChI=1S/C13H24N6O/c1-5-15-9-8-10(16-6-7-17-12(14)20)19-11(18-9)13(2,3)4/h8H,5-7H2,1-4H3,(H3,14,17,20)(H2,15,16,18,19). The van der Waals surface area contributed by atoms with Gasteiger partial charge in [-0.1, -0.05) is 20.8 Å². The average Bonchev–Trinajstić information content (AvgIpc) is 2.33. The summed E-state index contributed by atoms with van der Waals surface area (Å²) in [5.41, 5.74) is 4.87. The zero-order chi connectivity index (χ0) is 15.2. The lowest BCUT2D eigenvalue weighted by Crippen LogP contribution is -2.33. The van der Waals surface area contributed by atoms with Gasteiger partial charge in [-0.2, -0.15) is 0 Å². The molecule has 2 amide bonds. The van der Waals surface area contributed by atoms with Crippen LogP contribution in [0.25, 0.3) is 0 Å². The van der Waals surface area contributed by atoms with E-state index in [0.717, 1.165) is 24.0 Å². The molecule has 1 aromatic rings. The van der Waals surface area contributed by atoms with Gasteiger partial charge in [-0.25, -0.2) is 14.8 Å². The fourth-order valence-corrected chi connectivity index (χ4v) is 1.52. The molecule has 0 saturated heterocycles. The predicted molar refractivity (Wildman–Crippen MR) is 81.0 cm³/mol. The fourth-order valence-electron chi connectivity index (χ4n) is 1.52. The first-order valence-electron chi connectivity index (χ1n) is 6.73. The summed E-state index contributed by atoms with van der Waals surface area (Å²) < 4.78 is 0. The molecule has 0 bridgehead atoms. The van der Waals surface area contributed by atoms with E-state index in [2.05, 4.69) is 46.7 Å². The van der Waals surface area contributed by atoms with Gasteiger partial charge in [0.1, 0.15) is 17.5 Å². The number of nitrogens with zero attached hydrogens (tertiary/aromatic N) is 2. The highest BCUT2D eigenvalue weighted by Gasteiger charge is 2.19. The first kappa shape index (κ1) is 16.0. The van der Waals surface area contributed by atoms with Gasteiger partial charge in [0.25, 0.3) is 0 Å². The molecular formula is C13H24N6O. The van der Waals surface area contributed by atoms with Gasteiger partial charge in [0.05, 0.1) is 0 Å². The lowest BCUT2D eigenvalue weighted by molar-refractivity contribution is 0.249. The monoisotopic (exact) mass is 280 g/mol. The van der Waals surface area contributed by atoms with Crippen molar-refractivity contribution >= 4 is 17.7 Å². The number of rotatable bonds is 6. The number of hydrogen-bond donors (Lipinski definition) is 4. The average molecular weight is 280 g/mol. The third-order valence-electron chi connectivity index (χ3n) is 2.49. The van der Waals surface area contributed by atoms with Crippen molar-refractivity contribution in [2.24, 2.45) is 5.73 Å². The van der Waals surface area contributed by atoms with E-state index < -0.39 is 6.03 Å². The van der Waals surface area contributed by atoms with Crippen molar-refractivity contribution < 1.29 is 4.79 Å². The number of carbonyl (C=O) groups excluding carboxylic acids is 1. The van der Waals surface area contributed by atoms with Gasteiger partial charge in [-0.3, -0.25) is 0 Å². The second-order valence-electron chi connectivity index (χ2n) is 5.46. The SMILES string of the molecule is CCNc1cc(NCCNC(N)=O)nc(C(C)(C)C)n1. The van der Waals surface area contributed by atoms with Crippen LogP contribution in [0.4, 0.5) is 16.4 Å². The van der Waals surface area contributed by atoms with Crippen LogP contribution in [-0.2, 0) is 5.41 Å². The Morgan fingerprint density at radius 3 is 2.30 bits per heavy atom. The third kappa shape index (κ3) is 5.29. The summed E-state index contributed by atoms with van der Waals surface area (Å²) in [5.74, 6) is 2.28. The van der Waals surface area contributed by atoms with Gasteiger partial charge in [-0.15, -0.1) is 0 Å². The van der Waals surface area contributed by atoms with Gasteiger partial charge in [0, 0.05) is 31.1 Å². The van der Waals surface area contributed by atoms with E-state index in [1.54, 1.807) is 0 Å². The molecule has 0 radical (unpaired) electrons. The Kier molecular flexibility index (Phi) is 5.54. The quantitative estimate of drug-likeness (QED) is 0.588. The summed E-state index contributed by atoms with van der Waals surface area (Å²) in [6.07, 6.45) is 0. The van der Waals surface area contributed by atoms with Crippen molar-refractivity contribution in [1.29, 1.82) is 0 Å². The lowest BCUT2D eigenvalue weighted by atomic mass is 9.96. The Hall–Kier alpha value is -2.05. The van der Waals surface area contributed by atoms with Crippen molar-refractivity contribution in [1.82, 2.24) is 15.3 Å². The van der Waals surface area contributed by atoms with Crippen molar-refractivity contribution in [2.45, 2.75) is 33.1 Å². The topological polar surface area (TPSA) is 105 Å². The molecule has 0 fully saturated rings. The van der Waals surface area contributed by atoms with Crippen molar-refractivity contribution in [2.75, 3.05) is 30.3 Å². The zero-order valence-corrected chi connectivity index (χ0v) is 12.6. The largest absolute Gasteiger partial charge is 0.370 e. The highest BCUT2D eigenvalue weighted by Crippen LogP contribution is 2.22. The van der Waals surface area contributed by atoms with Crippen LogP contribution in [-0.4, -0.2) is 35.6 Å². The van der Waals surface area contributed by atoms with Gasteiger partial charge < -0.3 is 21.7 Å². The molecule has 0 atom stereocenters. The number of nitrogens with two attached hydrogens (primary N) is 1. The minimum Gasteiger partial charge on any atom is -0.370 e. The first-order valence-corrected chi connectivity index (χ1v) is 6.73. The smallest absolute Gasteiger partial charge is 0.312 e. The van der Waals surface area contributed by atoms with Crippen LogP contribution in [0.1, 0.15) is 33.5 Å². The number of aromatic nitrogens is 2. The fraction of sp³-hybridized carbons (Fsp3) is 0.615. The second-order valence-corrected chi connectivity index (χ2v) is 5.46. The normalized spacial score (nSPS) is 11.0. The Labute approximate surface area is 119 Å². The van der Waals surface area contributed by atoms with Gasteiger partial charge in [-0.05, 0) is 6.92 Å². The molecule has 0 unspecified atom stereocenters. The van der Waals surface area contributed by atoms with Crippen LogP contribution >= 0.6 is 0 Å². The predicted octanol–water partition coefficient (Wildman–Crippen LogP) is 1.29. The Morgan fingerprint density at radius 2 is 1.80 bits per heavy atom. The third-order valence-corrected chi connectivity index (χ3v) is 2.49. The van der Waals surface area contributed by atoms with E-state index in [4.69, 9.17) is 5.73 Å². The van der Waals surface area contributed by atoms with E-state index in [9.17, 15) is 4.79 Å². The molecule has 0 aliphatic carbocycles. The Bertz CT molecular complexity index is 455. The molecular weight excluding hydrogens is 256 g/mol. The van der Waals surface area contributed by atoms with Crippen LogP contribution in [0, 0.1) is 0 Å². The van der Waals surface area contributed by atoms with Gasteiger partial charge >= 0.3 is 6.03 Å². The van der Waals surface area contributed by atoms with E-state index in [1.165, 1.54) is 0 Å². The van der Waals surface area contributed by atoms with Crippen molar-refractivity contribution in [3.8, 4) is 0 Å². The van der Waals surface area contributed by atoms with E-state index in [0.29, 0.717) is 13.1 Å². The van der Waals surface area contributed by atoms with Crippen LogP contribution in [0.15, 0.2) is 6.07 Å². The summed E-state index contributed by atoms with van der Waals surface area (Å²) in [7, 11) is 0. The molecule has 7 heteroatoms. The number of urea groups is 1. The Balaban J connectivity index is 2.78. The summed E-state index contributed by atoms with van der Waals surface area (Å²) >= 11 is 0. The summed E-state index contributed by atoms with van der Waals surface area (Å²) in [6, 6.07) is 1.32. The number of nitrogens with one attached hydrogen (secondary N) is 3. The maximum atomic E-state index is 10.6. The maximum absolute atomic E-state index is 10.6.